The number of allylic oxidation sites excluding steroid dienone is 2. The summed E-state index contributed by atoms with van der Waals surface area (Å²) in [6.07, 6.45) is 4.88. The first-order chi connectivity index (χ1) is 13.9. The number of imide groups is 1. The van der Waals surface area contributed by atoms with Gasteiger partial charge in [-0.2, -0.15) is 0 Å². The van der Waals surface area contributed by atoms with Crippen LogP contribution in [0.1, 0.15) is 31.0 Å². The molecule has 3 atom stereocenters. The van der Waals surface area contributed by atoms with Crippen molar-refractivity contribution in [2.24, 2.45) is 11.8 Å². The van der Waals surface area contributed by atoms with E-state index in [1.165, 1.54) is 6.92 Å². The standard InChI is InChI=1S/C22H21ClN2O4/c1-12-14-7-5-6-10-17(14)24-18(19(12)23)11-29-22(28)13(2)25-20(26)15-8-3-4-9-16(15)21(25)27/h3-7,10,13,15-16H,8-9,11H2,1-2H3/t13-,15-,16+/m0/s1. The number of para-hydroxylation sites is 1. The smallest absolute Gasteiger partial charge is 0.329 e. The maximum atomic E-state index is 12.6. The third-order valence-electron chi connectivity index (χ3n) is 5.77. The number of hydrogen-bond acceptors (Lipinski definition) is 5. The van der Waals surface area contributed by atoms with Crippen LogP contribution in [0, 0.1) is 18.8 Å². The first-order valence-electron chi connectivity index (χ1n) is 9.62. The Morgan fingerprint density at radius 1 is 1.21 bits per heavy atom. The molecule has 0 radical (unpaired) electrons. The van der Waals surface area contributed by atoms with Crippen LogP contribution >= 0.6 is 11.6 Å². The Hall–Kier alpha value is -2.73. The fraction of sp³-hybridized carbons (Fsp3) is 0.364. The molecule has 29 heavy (non-hydrogen) atoms. The molecule has 4 rings (SSSR count). The highest BCUT2D eigenvalue weighted by molar-refractivity contribution is 6.32. The zero-order chi connectivity index (χ0) is 20.7. The predicted molar refractivity (Wildman–Crippen MR) is 108 cm³/mol. The van der Waals surface area contributed by atoms with E-state index in [0.717, 1.165) is 21.4 Å². The SMILES string of the molecule is Cc1c(Cl)c(COC(=O)[C@H](C)N2C(=O)[C@H]3CC=CC[C@H]3C2=O)nc2ccccc12. The number of pyridine rings is 1. The number of amides is 2. The number of carbonyl (C=O) groups is 3. The maximum Gasteiger partial charge on any atom is 0.329 e. The Morgan fingerprint density at radius 3 is 2.48 bits per heavy atom. The van der Waals surface area contributed by atoms with Crippen LogP contribution in [0.2, 0.25) is 5.02 Å². The molecule has 1 aliphatic carbocycles. The van der Waals surface area contributed by atoms with Gasteiger partial charge < -0.3 is 4.74 Å². The molecule has 2 amide bonds. The van der Waals surface area contributed by atoms with Crippen molar-refractivity contribution in [1.82, 2.24) is 9.88 Å². The van der Waals surface area contributed by atoms with Gasteiger partial charge in [0.25, 0.3) is 0 Å². The second-order valence-corrected chi connectivity index (χ2v) is 7.88. The Bertz CT molecular complexity index is 1020. The van der Waals surface area contributed by atoms with Gasteiger partial charge in [-0.25, -0.2) is 9.78 Å². The van der Waals surface area contributed by atoms with Crippen molar-refractivity contribution in [3.05, 3.63) is 52.7 Å². The van der Waals surface area contributed by atoms with E-state index < -0.39 is 12.0 Å². The number of aromatic nitrogens is 1. The van der Waals surface area contributed by atoms with Crippen LogP contribution in [0.15, 0.2) is 36.4 Å². The Labute approximate surface area is 173 Å². The molecule has 1 aromatic carbocycles. The molecule has 0 unspecified atom stereocenters. The van der Waals surface area contributed by atoms with Crippen LogP contribution < -0.4 is 0 Å². The lowest BCUT2D eigenvalue weighted by atomic mass is 9.85. The molecule has 0 N–H and O–H groups in total. The van der Waals surface area contributed by atoms with Crippen LogP contribution in [0.5, 0.6) is 0 Å². The summed E-state index contributed by atoms with van der Waals surface area (Å²) in [6.45, 7) is 3.28. The Morgan fingerprint density at radius 2 is 1.83 bits per heavy atom. The summed E-state index contributed by atoms with van der Waals surface area (Å²) in [5.41, 5.74) is 2.06. The topological polar surface area (TPSA) is 76.6 Å². The number of carbonyl (C=O) groups excluding carboxylic acids is 3. The maximum absolute atomic E-state index is 12.6. The number of esters is 1. The van der Waals surface area contributed by atoms with Crippen LogP contribution in [-0.4, -0.2) is 33.7 Å². The summed E-state index contributed by atoms with van der Waals surface area (Å²) in [7, 11) is 0. The van der Waals surface area contributed by atoms with E-state index in [1.807, 2.05) is 43.3 Å². The van der Waals surface area contributed by atoms with E-state index in [1.54, 1.807) is 0 Å². The van der Waals surface area contributed by atoms with Gasteiger partial charge in [-0.3, -0.25) is 14.5 Å². The highest BCUT2D eigenvalue weighted by atomic mass is 35.5. The molecular weight excluding hydrogens is 392 g/mol. The van der Waals surface area contributed by atoms with Gasteiger partial charge in [-0.1, -0.05) is 42.0 Å². The molecule has 1 fully saturated rings. The van der Waals surface area contributed by atoms with E-state index in [4.69, 9.17) is 16.3 Å². The first kappa shape index (κ1) is 19.6. The highest BCUT2D eigenvalue weighted by Crippen LogP contribution is 2.36. The highest BCUT2D eigenvalue weighted by Gasteiger charge is 2.50. The normalized spacial score (nSPS) is 22.1. The Balaban J connectivity index is 1.49. The first-order valence-corrected chi connectivity index (χ1v) is 10.00. The number of benzene rings is 1. The second-order valence-electron chi connectivity index (χ2n) is 7.50. The number of rotatable bonds is 4. The minimum atomic E-state index is -0.985. The van der Waals surface area contributed by atoms with E-state index in [0.29, 0.717) is 23.6 Å². The molecule has 0 bridgehead atoms. The quantitative estimate of drug-likeness (QED) is 0.436. The summed E-state index contributed by atoms with van der Waals surface area (Å²) in [5, 5.41) is 1.37. The van der Waals surface area contributed by atoms with E-state index in [2.05, 4.69) is 4.98 Å². The number of aryl methyl sites for hydroxylation is 1. The summed E-state index contributed by atoms with van der Waals surface area (Å²) < 4.78 is 5.39. The van der Waals surface area contributed by atoms with Gasteiger partial charge in [0.2, 0.25) is 11.8 Å². The van der Waals surface area contributed by atoms with Gasteiger partial charge in [0.1, 0.15) is 12.6 Å². The number of hydrogen-bond donors (Lipinski definition) is 0. The number of nitrogens with zero attached hydrogens (tertiary/aromatic N) is 2. The second kappa shape index (κ2) is 7.59. The molecule has 0 spiro atoms. The number of halogens is 1. The summed E-state index contributed by atoms with van der Waals surface area (Å²) in [4.78, 5) is 43.4. The van der Waals surface area contributed by atoms with Crippen molar-refractivity contribution in [2.45, 2.75) is 39.3 Å². The zero-order valence-electron chi connectivity index (χ0n) is 16.2. The van der Waals surface area contributed by atoms with E-state index in [-0.39, 0.29) is 30.3 Å². The summed E-state index contributed by atoms with van der Waals surface area (Å²) in [5.74, 6) is -2.00. The third kappa shape index (κ3) is 3.31. The largest absolute Gasteiger partial charge is 0.458 e. The fourth-order valence-corrected chi connectivity index (χ4v) is 4.28. The van der Waals surface area contributed by atoms with Crippen LogP contribution in [-0.2, 0) is 25.7 Å². The van der Waals surface area contributed by atoms with Gasteiger partial charge in [0, 0.05) is 5.39 Å². The van der Waals surface area contributed by atoms with Crippen LogP contribution in [0.25, 0.3) is 10.9 Å². The van der Waals surface area contributed by atoms with Crippen molar-refractivity contribution in [3.8, 4) is 0 Å². The monoisotopic (exact) mass is 412 g/mol. The van der Waals surface area contributed by atoms with E-state index >= 15 is 0 Å². The van der Waals surface area contributed by atoms with Gasteiger partial charge in [-0.15, -0.1) is 0 Å². The van der Waals surface area contributed by atoms with E-state index in [9.17, 15) is 14.4 Å². The molecule has 0 saturated carbocycles. The fourth-order valence-electron chi connectivity index (χ4n) is 4.09. The number of likely N-dealkylation sites (tertiary alicyclic amines) is 1. The molecule has 7 heteroatoms. The van der Waals surface area contributed by atoms with Gasteiger partial charge in [0.05, 0.1) is 28.1 Å². The molecular formula is C22H21ClN2O4. The molecule has 6 nitrogen and oxygen atoms in total. The summed E-state index contributed by atoms with van der Waals surface area (Å²) in [6, 6.07) is 6.59. The molecule has 2 aromatic rings. The van der Waals surface area contributed by atoms with Crippen molar-refractivity contribution in [3.63, 3.8) is 0 Å². The molecule has 150 valence electrons. The van der Waals surface area contributed by atoms with Gasteiger partial charge in [-0.05, 0) is 38.3 Å². The molecule has 2 heterocycles. The van der Waals surface area contributed by atoms with Gasteiger partial charge >= 0.3 is 5.97 Å². The molecule has 1 saturated heterocycles. The zero-order valence-corrected chi connectivity index (χ0v) is 17.0. The molecule has 1 aliphatic heterocycles. The number of fused-ring (bicyclic) bond motifs is 2. The average molecular weight is 413 g/mol. The molecule has 2 aliphatic rings. The average Bonchev–Trinajstić information content (AvgIpc) is 2.99. The number of ether oxygens (including phenoxy) is 1. The lowest BCUT2D eigenvalue weighted by molar-refractivity contribution is -0.159. The molecule has 1 aromatic heterocycles. The Kier molecular flexibility index (Phi) is 5.13. The minimum Gasteiger partial charge on any atom is -0.458 e. The summed E-state index contributed by atoms with van der Waals surface area (Å²) >= 11 is 6.41. The van der Waals surface area contributed by atoms with Crippen molar-refractivity contribution in [2.75, 3.05) is 0 Å². The predicted octanol–water partition coefficient (Wildman–Crippen LogP) is 3.58. The minimum absolute atomic E-state index is 0.127. The lowest BCUT2D eigenvalue weighted by Gasteiger charge is -2.21. The van der Waals surface area contributed by atoms with Crippen molar-refractivity contribution < 1.29 is 19.1 Å². The van der Waals surface area contributed by atoms with Crippen molar-refractivity contribution >= 4 is 40.3 Å². The van der Waals surface area contributed by atoms with Crippen molar-refractivity contribution in [1.29, 1.82) is 0 Å². The third-order valence-corrected chi connectivity index (χ3v) is 6.27. The van der Waals surface area contributed by atoms with Gasteiger partial charge in [0.15, 0.2) is 0 Å². The van der Waals surface area contributed by atoms with Crippen LogP contribution in [0.4, 0.5) is 0 Å². The van der Waals surface area contributed by atoms with Crippen LogP contribution in [0.3, 0.4) is 0 Å². The lowest BCUT2D eigenvalue weighted by Crippen LogP contribution is -2.44.